The summed E-state index contributed by atoms with van der Waals surface area (Å²) in [7, 11) is 2.02. The van der Waals surface area contributed by atoms with Crippen LogP contribution in [0.25, 0.3) is 21.8 Å². The number of fused-ring (bicyclic) bond motifs is 2. The molecule has 0 saturated carbocycles. The third kappa shape index (κ3) is 3.41. The summed E-state index contributed by atoms with van der Waals surface area (Å²) in [6.45, 7) is 6.42. The second kappa shape index (κ2) is 7.93. The molecule has 33 heavy (non-hydrogen) atoms. The molecule has 0 spiro atoms. The summed E-state index contributed by atoms with van der Waals surface area (Å²) in [6, 6.07) is 21.2. The molecule has 0 fully saturated rings. The lowest BCUT2D eigenvalue weighted by atomic mass is 10.1. The van der Waals surface area contributed by atoms with Crippen molar-refractivity contribution in [3.8, 4) is 0 Å². The maximum atomic E-state index is 13.8. The van der Waals surface area contributed by atoms with Crippen molar-refractivity contribution in [1.29, 1.82) is 0 Å². The SMILES string of the molecule is Cc1ccc(C(C)n2c(=O)c3ccccc3n(Cc3cn(C)c4cccc(C)c34)c2=O)cc1. The molecule has 0 radical (unpaired) electrons. The molecule has 0 aliphatic carbocycles. The van der Waals surface area contributed by atoms with Gasteiger partial charge in [-0.1, -0.05) is 54.1 Å². The molecule has 0 bridgehead atoms. The highest BCUT2D eigenvalue weighted by molar-refractivity contribution is 5.87. The minimum Gasteiger partial charge on any atom is -0.350 e. The first-order chi connectivity index (χ1) is 15.9. The summed E-state index contributed by atoms with van der Waals surface area (Å²) in [6.07, 6.45) is 2.08. The van der Waals surface area contributed by atoms with Crippen molar-refractivity contribution in [3.05, 3.63) is 116 Å². The van der Waals surface area contributed by atoms with E-state index in [1.165, 1.54) is 10.1 Å². The number of nitrogens with zero attached hydrogens (tertiary/aromatic N) is 3. The van der Waals surface area contributed by atoms with Crippen molar-refractivity contribution in [3.63, 3.8) is 0 Å². The van der Waals surface area contributed by atoms with Gasteiger partial charge in [-0.15, -0.1) is 0 Å². The van der Waals surface area contributed by atoms with Crippen molar-refractivity contribution in [2.75, 3.05) is 0 Å². The predicted molar refractivity (Wildman–Crippen MR) is 134 cm³/mol. The van der Waals surface area contributed by atoms with Gasteiger partial charge in [-0.3, -0.25) is 13.9 Å². The minimum absolute atomic E-state index is 0.256. The predicted octanol–water partition coefficient (Wildman–Crippen LogP) is 4.93. The van der Waals surface area contributed by atoms with Crippen LogP contribution in [0.15, 0.2) is 82.5 Å². The number of hydrogen-bond donors (Lipinski definition) is 0. The van der Waals surface area contributed by atoms with Crippen LogP contribution in [-0.4, -0.2) is 13.7 Å². The average molecular weight is 438 g/mol. The summed E-state index contributed by atoms with van der Waals surface area (Å²) in [4.78, 5) is 27.3. The number of rotatable bonds is 4. The van der Waals surface area contributed by atoms with Crippen LogP contribution in [0.1, 0.15) is 35.2 Å². The van der Waals surface area contributed by atoms with Crippen LogP contribution in [0, 0.1) is 13.8 Å². The second-order valence-electron chi connectivity index (χ2n) is 8.88. The first-order valence-corrected chi connectivity index (χ1v) is 11.2. The lowest BCUT2D eigenvalue weighted by Crippen LogP contribution is -2.42. The summed E-state index contributed by atoms with van der Waals surface area (Å²) in [5.41, 5.74) is 5.54. The van der Waals surface area contributed by atoms with Gasteiger partial charge in [0.15, 0.2) is 0 Å². The molecule has 1 atom stereocenters. The zero-order valence-corrected chi connectivity index (χ0v) is 19.4. The Morgan fingerprint density at radius 2 is 1.55 bits per heavy atom. The molecule has 5 nitrogen and oxygen atoms in total. The molecular formula is C28H27N3O2. The van der Waals surface area contributed by atoms with Crippen LogP contribution in [0.5, 0.6) is 0 Å². The van der Waals surface area contributed by atoms with Gasteiger partial charge < -0.3 is 4.57 Å². The quantitative estimate of drug-likeness (QED) is 0.400. The van der Waals surface area contributed by atoms with Crippen molar-refractivity contribution in [1.82, 2.24) is 13.7 Å². The van der Waals surface area contributed by atoms with Gasteiger partial charge in [0.2, 0.25) is 0 Å². The number of benzene rings is 3. The van der Waals surface area contributed by atoms with E-state index in [9.17, 15) is 9.59 Å². The third-order valence-electron chi connectivity index (χ3n) is 6.66. The molecule has 5 aromatic rings. The average Bonchev–Trinajstić information content (AvgIpc) is 3.13. The van der Waals surface area contributed by atoms with Crippen LogP contribution < -0.4 is 11.2 Å². The molecular weight excluding hydrogens is 410 g/mol. The van der Waals surface area contributed by atoms with Crippen LogP contribution in [0.3, 0.4) is 0 Å². The Morgan fingerprint density at radius 3 is 2.30 bits per heavy atom. The Bertz CT molecular complexity index is 1620. The monoisotopic (exact) mass is 437 g/mol. The molecule has 0 saturated heterocycles. The van der Waals surface area contributed by atoms with E-state index in [1.807, 2.05) is 69.4 Å². The third-order valence-corrected chi connectivity index (χ3v) is 6.66. The van der Waals surface area contributed by atoms with Gasteiger partial charge in [0, 0.05) is 24.1 Å². The maximum absolute atomic E-state index is 13.8. The smallest absolute Gasteiger partial charge is 0.332 e. The Morgan fingerprint density at radius 1 is 0.848 bits per heavy atom. The number of aryl methyl sites for hydroxylation is 3. The highest BCUT2D eigenvalue weighted by Gasteiger charge is 2.20. The molecule has 2 heterocycles. The Hall–Kier alpha value is -3.86. The lowest BCUT2D eigenvalue weighted by molar-refractivity contribution is 0.551. The zero-order valence-electron chi connectivity index (χ0n) is 19.4. The molecule has 166 valence electrons. The topological polar surface area (TPSA) is 48.9 Å². The van der Waals surface area contributed by atoms with Gasteiger partial charge in [-0.25, -0.2) is 4.79 Å². The Labute approximate surface area is 192 Å². The van der Waals surface area contributed by atoms with E-state index >= 15 is 0 Å². The standard InChI is InChI=1S/C28H27N3O2/c1-18-12-14-21(15-13-18)20(3)31-27(32)23-9-5-6-10-24(23)30(28(31)33)17-22-16-29(4)25-11-7-8-19(2)26(22)25/h5-16,20H,17H2,1-4H3. The van der Waals surface area contributed by atoms with Gasteiger partial charge in [0.25, 0.3) is 5.56 Å². The molecule has 0 amide bonds. The van der Waals surface area contributed by atoms with Crippen molar-refractivity contribution in [2.45, 2.75) is 33.4 Å². The molecule has 5 heteroatoms. The Balaban J connectivity index is 1.76. The molecule has 2 aromatic heterocycles. The molecule has 5 rings (SSSR count). The van der Waals surface area contributed by atoms with Crippen LogP contribution in [0.2, 0.25) is 0 Å². The molecule has 0 N–H and O–H groups in total. The minimum atomic E-state index is -0.379. The summed E-state index contributed by atoms with van der Waals surface area (Å²) in [5.74, 6) is 0. The van der Waals surface area contributed by atoms with E-state index in [1.54, 1.807) is 10.6 Å². The molecule has 0 aliphatic heterocycles. The van der Waals surface area contributed by atoms with E-state index in [0.29, 0.717) is 17.4 Å². The summed E-state index contributed by atoms with van der Waals surface area (Å²) < 4.78 is 5.23. The maximum Gasteiger partial charge on any atom is 0.332 e. The van der Waals surface area contributed by atoms with Gasteiger partial charge >= 0.3 is 5.69 Å². The largest absolute Gasteiger partial charge is 0.350 e. The van der Waals surface area contributed by atoms with Gasteiger partial charge in [-0.2, -0.15) is 0 Å². The molecule has 3 aromatic carbocycles. The highest BCUT2D eigenvalue weighted by atomic mass is 16.2. The van der Waals surface area contributed by atoms with E-state index in [2.05, 4.69) is 29.8 Å². The molecule has 0 aliphatic rings. The van der Waals surface area contributed by atoms with E-state index in [0.717, 1.165) is 27.6 Å². The molecule has 1 unspecified atom stereocenters. The fourth-order valence-electron chi connectivity index (χ4n) is 4.85. The van der Waals surface area contributed by atoms with Gasteiger partial charge in [-0.05, 0) is 55.7 Å². The van der Waals surface area contributed by atoms with E-state index in [-0.39, 0.29) is 17.3 Å². The van der Waals surface area contributed by atoms with Crippen molar-refractivity contribution < 1.29 is 0 Å². The highest BCUT2D eigenvalue weighted by Crippen LogP contribution is 2.25. The number of hydrogen-bond acceptors (Lipinski definition) is 2. The second-order valence-corrected chi connectivity index (χ2v) is 8.88. The first kappa shape index (κ1) is 21.0. The van der Waals surface area contributed by atoms with Gasteiger partial charge in [0.05, 0.1) is 23.5 Å². The van der Waals surface area contributed by atoms with Crippen molar-refractivity contribution in [2.24, 2.45) is 7.05 Å². The lowest BCUT2D eigenvalue weighted by Gasteiger charge is -2.19. The Kier molecular flexibility index (Phi) is 5.05. The summed E-state index contributed by atoms with van der Waals surface area (Å²) in [5, 5.41) is 1.70. The first-order valence-electron chi connectivity index (χ1n) is 11.2. The number of para-hydroxylation sites is 1. The van der Waals surface area contributed by atoms with Gasteiger partial charge in [0.1, 0.15) is 0 Å². The fourth-order valence-corrected chi connectivity index (χ4v) is 4.85. The van der Waals surface area contributed by atoms with Crippen molar-refractivity contribution >= 4 is 21.8 Å². The summed E-state index contributed by atoms with van der Waals surface area (Å²) >= 11 is 0. The van der Waals surface area contributed by atoms with Crippen LogP contribution in [0.4, 0.5) is 0 Å². The van der Waals surface area contributed by atoms with E-state index < -0.39 is 0 Å². The normalized spacial score (nSPS) is 12.5. The van der Waals surface area contributed by atoms with Crippen LogP contribution in [-0.2, 0) is 13.6 Å². The fraction of sp³-hybridized carbons (Fsp3) is 0.214. The van der Waals surface area contributed by atoms with Crippen LogP contribution >= 0.6 is 0 Å². The number of aromatic nitrogens is 3. The van der Waals surface area contributed by atoms with E-state index in [4.69, 9.17) is 0 Å². The zero-order chi connectivity index (χ0) is 23.3.